The zero-order chi connectivity index (χ0) is 13.8. The second kappa shape index (κ2) is 6.82. The molecule has 2 aromatic rings. The van der Waals surface area contributed by atoms with Gasteiger partial charge in [-0.15, -0.1) is 11.6 Å². The Morgan fingerprint density at radius 2 is 2.26 bits per heavy atom. The number of aromatic nitrogens is 3. The van der Waals surface area contributed by atoms with Gasteiger partial charge in [0, 0.05) is 12.7 Å². The molecule has 0 saturated heterocycles. The van der Waals surface area contributed by atoms with Crippen molar-refractivity contribution >= 4 is 46.1 Å². The Balaban J connectivity index is 2.30. The predicted molar refractivity (Wildman–Crippen MR) is 84.4 cm³/mol. The molecule has 0 spiro atoms. The summed E-state index contributed by atoms with van der Waals surface area (Å²) in [6.45, 7) is 5.00. The van der Waals surface area contributed by atoms with Crippen molar-refractivity contribution in [2.24, 2.45) is 0 Å². The summed E-state index contributed by atoms with van der Waals surface area (Å²) in [5, 5.41) is 0.472. The van der Waals surface area contributed by atoms with Crippen LogP contribution in [0.5, 0.6) is 0 Å². The molecule has 2 heterocycles. The highest BCUT2D eigenvalue weighted by atomic mass is 35.5. The first-order chi connectivity index (χ1) is 9.13. The Kier molecular flexibility index (Phi) is 5.37. The Labute approximate surface area is 127 Å². The highest BCUT2D eigenvalue weighted by molar-refractivity contribution is 7.99. The predicted octanol–water partition coefficient (Wildman–Crippen LogP) is 4.53. The van der Waals surface area contributed by atoms with E-state index in [9.17, 15) is 0 Å². The quantitative estimate of drug-likeness (QED) is 0.579. The maximum Gasteiger partial charge on any atom is 0.160 e. The van der Waals surface area contributed by atoms with Crippen LogP contribution in [0.25, 0.3) is 11.2 Å². The molecular formula is C13H17Cl2N3S. The fourth-order valence-electron chi connectivity index (χ4n) is 2.00. The number of aryl methyl sites for hydroxylation is 1. The van der Waals surface area contributed by atoms with E-state index in [4.69, 9.17) is 23.2 Å². The molecule has 0 saturated carbocycles. The number of rotatable bonds is 6. The molecule has 1 atom stereocenters. The first-order valence-corrected chi connectivity index (χ1v) is 8.34. The minimum atomic E-state index is -0.133. The maximum atomic E-state index is 6.21. The van der Waals surface area contributed by atoms with E-state index in [1.807, 2.05) is 24.8 Å². The molecule has 6 heteroatoms. The lowest BCUT2D eigenvalue weighted by molar-refractivity contribution is 0.653. The fraction of sp³-hybridized carbons (Fsp3) is 0.538. The molecule has 104 valence electrons. The third-order valence-electron chi connectivity index (χ3n) is 2.81. The molecule has 0 aliphatic heterocycles. The van der Waals surface area contributed by atoms with Gasteiger partial charge in [0.15, 0.2) is 5.65 Å². The van der Waals surface area contributed by atoms with Crippen molar-refractivity contribution in [3.63, 3.8) is 0 Å². The number of hydrogen-bond donors (Lipinski definition) is 0. The molecule has 19 heavy (non-hydrogen) atoms. The van der Waals surface area contributed by atoms with E-state index in [1.54, 1.807) is 6.20 Å². The average Bonchev–Trinajstić information content (AvgIpc) is 2.72. The van der Waals surface area contributed by atoms with Gasteiger partial charge < -0.3 is 4.57 Å². The summed E-state index contributed by atoms with van der Waals surface area (Å²) in [4.78, 5) is 8.93. The van der Waals surface area contributed by atoms with E-state index in [2.05, 4.69) is 21.5 Å². The van der Waals surface area contributed by atoms with E-state index >= 15 is 0 Å². The van der Waals surface area contributed by atoms with Crippen LogP contribution in [-0.4, -0.2) is 26.0 Å². The molecule has 1 unspecified atom stereocenters. The SMILES string of the molecule is CCSCCCn1c(C(C)Cl)nc2cc(Cl)cnc21. The number of pyridine rings is 1. The van der Waals surface area contributed by atoms with Gasteiger partial charge in [0.05, 0.1) is 10.4 Å². The molecule has 0 fully saturated rings. The van der Waals surface area contributed by atoms with Gasteiger partial charge in [-0.25, -0.2) is 9.97 Å². The normalized spacial score (nSPS) is 13.1. The van der Waals surface area contributed by atoms with E-state index in [0.29, 0.717) is 5.02 Å². The second-order valence-corrected chi connectivity index (χ2v) is 6.77. The van der Waals surface area contributed by atoms with Gasteiger partial charge in [-0.3, -0.25) is 0 Å². The molecular weight excluding hydrogens is 301 g/mol. The minimum absolute atomic E-state index is 0.133. The van der Waals surface area contributed by atoms with Crippen LogP contribution in [0.2, 0.25) is 5.02 Å². The van der Waals surface area contributed by atoms with Gasteiger partial charge in [0.1, 0.15) is 11.3 Å². The van der Waals surface area contributed by atoms with Gasteiger partial charge >= 0.3 is 0 Å². The Hall–Kier alpha value is -0.450. The van der Waals surface area contributed by atoms with Crippen molar-refractivity contribution < 1.29 is 0 Å². The number of halogens is 2. The molecule has 0 amide bonds. The van der Waals surface area contributed by atoms with Crippen LogP contribution in [0.1, 0.15) is 31.5 Å². The lowest BCUT2D eigenvalue weighted by Gasteiger charge is -2.09. The third-order valence-corrected chi connectivity index (χ3v) is 4.20. The second-order valence-electron chi connectivity index (χ2n) is 4.28. The highest BCUT2D eigenvalue weighted by Crippen LogP contribution is 2.25. The van der Waals surface area contributed by atoms with Crippen molar-refractivity contribution in [3.05, 3.63) is 23.1 Å². The molecule has 0 bridgehead atoms. The molecule has 2 aromatic heterocycles. The first-order valence-electron chi connectivity index (χ1n) is 6.37. The summed E-state index contributed by atoms with van der Waals surface area (Å²) in [6.07, 6.45) is 2.75. The van der Waals surface area contributed by atoms with Crippen LogP contribution >= 0.6 is 35.0 Å². The summed E-state index contributed by atoms with van der Waals surface area (Å²) in [6, 6.07) is 1.84. The lowest BCUT2D eigenvalue weighted by atomic mass is 10.4. The van der Waals surface area contributed by atoms with Crippen molar-refractivity contribution in [2.45, 2.75) is 32.2 Å². The maximum absolute atomic E-state index is 6.21. The molecule has 0 aromatic carbocycles. The monoisotopic (exact) mass is 317 g/mol. The number of imidazole rings is 1. The summed E-state index contributed by atoms with van der Waals surface area (Å²) in [5.41, 5.74) is 1.69. The van der Waals surface area contributed by atoms with Crippen LogP contribution in [-0.2, 0) is 6.54 Å². The minimum Gasteiger partial charge on any atom is -0.311 e. The van der Waals surface area contributed by atoms with Crippen molar-refractivity contribution in [2.75, 3.05) is 11.5 Å². The summed E-state index contributed by atoms with van der Waals surface area (Å²) < 4.78 is 2.11. The molecule has 0 aliphatic carbocycles. The standard InChI is InChI=1S/C13H17Cl2N3S/c1-3-19-6-4-5-18-12(9(2)14)17-11-7-10(15)8-16-13(11)18/h7-9H,3-6H2,1-2H3. The number of hydrogen-bond acceptors (Lipinski definition) is 3. The Morgan fingerprint density at radius 3 is 2.95 bits per heavy atom. The smallest absolute Gasteiger partial charge is 0.160 e. The number of thioether (sulfide) groups is 1. The lowest BCUT2D eigenvalue weighted by Crippen LogP contribution is -2.06. The van der Waals surface area contributed by atoms with Crippen molar-refractivity contribution in [3.8, 4) is 0 Å². The van der Waals surface area contributed by atoms with Crippen LogP contribution in [0.15, 0.2) is 12.3 Å². The fourth-order valence-corrected chi connectivity index (χ4v) is 2.94. The van der Waals surface area contributed by atoms with Crippen LogP contribution in [0.3, 0.4) is 0 Å². The van der Waals surface area contributed by atoms with Gasteiger partial charge in [-0.1, -0.05) is 18.5 Å². The van der Waals surface area contributed by atoms with E-state index < -0.39 is 0 Å². The molecule has 3 nitrogen and oxygen atoms in total. The van der Waals surface area contributed by atoms with E-state index in [-0.39, 0.29) is 5.38 Å². The summed E-state index contributed by atoms with van der Waals surface area (Å²) >= 11 is 14.1. The van der Waals surface area contributed by atoms with Gasteiger partial charge in [0.25, 0.3) is 0 Å². The van der Waals surface area contributed by atoms with Crippen molar-refractivity contribution in [1.29, 1.82) is 0 Å². The van der Waals surface area contributed by atoms with Crippen LogP contribution in [0, 0.1) is 0 Å². The number of alkyl halides is 1. The average molecular weight is 318 g/mol. The Bertz CT molecular complexity index is 554. The zero-order valence-electron chi connectivity index (χ0n) is 11.1. The zero-order valence-corrected chi connectivity index (χ0v) is 13.4. The van der Waals surface area contributed by atoms with E-state index in [0.717, 1.165) is 41.5 Å². The summed E-state index contributed by atoms with van der Waals surface area (Å²) in [7, 11) is 0. The number of fused-ring (bicyclic) bond motifs is 1. The van der Waals surface area contributed by atoms with Crippen LogP contribution < -0.4 is 0 Å². The molecule has 2 rings (SSSR count). The highest BCUT2D eigenvalue weighted by Gasteiger charge is 2.15. The molecule has 0 aliphatic rings. The topological polar surface area (TPSA) is 30.7 Å². The first kappa shape index (κ1) is 14.9. The van der Waals surface area contributed by atoms with Gasteiger partial charge in [-0.05, 0) is 30.9 Å². The van der Waals surface area contributed by atoms with Crippen LogP contribution in [0.4, 0.5) is 0 Å². The van der Waals surface area contributed by atoms with Gasteiger partial charge in [-0.2, -0.15) is 11.8 Å². The summed E-state index contributed by atoms with van der Waals surface area (Å²) in [5.74, 6) is 3.16. The number of nitrogens with zero attached hydrogens (tertiary/aromatic N) is 3. The third kappa shape index (κ3) is 3.56. The molecule has 0 N–H and O–H groups in total. The van der Waals surface area contributed by atoms with Crippen molar-refractivity contribution in [1.82, 2.24) is 14.5 Å². The van der Waals surface area contributed by atoms with E-state index in [1.165, 1.54) is 0 Å². The molecule has 0 radical (unpaired) electrons. The Morgan fingerprint density at radius 1 is 1.47 bits per heavy atom. The van der Waals surface area contributed by atoms with Gasteiger partial charge in [0.2, 0.25) is 0 Å². The largest absolute Gasteiger partial charge is 0.311 e.